The molecule has 4 nitrogen and oxygen atoms in total. The topological polar surface area (TPSA) is 55.6 Å². The molecule has 1 aromatic carbocycles. The fourth-order valence-electron chi connectivity index (χ4n) is 2.43. The van der Waals surface area contributed by atoms with Crippen LogP contribution in [0, 0.1) is 5.92 Å². The summed E-state index contributed by atoms with van der Waals surface area (Å²) in [7, 11) is 0. The molecule has 0 atom stereocenters. The van der Waals surface area contributed by atoms with Gasteiger partial charge >= 0.3 is 0 Å². The molecule has 5 heteroatoms. The Hall–Kier alpha value is -0.910. The predicted octanol–water partition coefficient (Wildman–Crippen LogP) is 2.58. The van der Waals surface area contributed by atoms with E-state index >= 15 is 0 Å². The van der Waals surface area contributed by atoms with Crippen LogP contribution in [0.25, 0.3) is 0 Å². The van der Waals surface area contributed by atoms with Gasteiger partial charge in [0.05, 0.1) is 6.61 Å². The monoisotopic (exact) mass is 326 g/mol. The predicted molar refractivity (Wildman–Crippen MR) is 77.5 cm³/mol. The molecule has 1 aliphatic heterocycles. The number of nitrogens with zero attached hydrogens (tertiary/aromatic N) is 1. The van der Waals surface area contributed by atoms with Crippen molar-refractivity contribution in [3.05, 3.63) is 34.3 Å². The zero-order chi connectivity index (χ0) is 13.7. The maximum absolute atomic E-state index is 12.3. The Balaban J connectivity index is 1.87. The molecule has 1 heterocycles. The first-order chi connectivity index (χ1) is 9.20. The number of amides is 1. The lowest BCUT2D eigenvalue weighted by Crippen LogP contribution is -2.38. The highest BCUT2D eigenvalue weighted by Crippen LogP contribution is 2.22. The average molecular weight is 327 g/mol. The molecule has 1 aromatic rings. The van der Waals surface area contributed by atoms with E-state index in [1.165, 1.54) is 0 Å². The summed E-state index contributed by atoms with van der Waals surface area (Å²) in [4.78, 5) is 18.8. The summed E-state index contributed by atoms with van der Waals surface area (Å²) in [5.74, 6) is 5.79. The Kier molecular flexibility index (Phi) is 5.36. The number of likely N-dealkylation sites (tertiary alicyclic amines) is 1. The molecule has 2 N–H and O–H groups in total. The van der Waals surface area contributed by atoms with Crippen molar-refractivity contribution in [2.24, 2.45) is 11.8 Å². The lowest BCUT2D eigenvalue weighted by molar-refractivity contribution is 0.0651. The molecule has 0 radical (unpaired) electrons. The van der Waals surface area contributed by atoms with Crippen LogP contribution in [0.3, 0.4) is 0 Å². The first-order valence-corrected chi connectivity index (χ1v) is 7.36. The molecule has 0 aromatic heterocycles. The van der Waals surface area contributed by atoms with E-state index < -0.39 is 0 Å². The smallest absolute Gasteiger partial charge is 0.253 e. The van der Waals surface area contributed by atoms with Crippen molar-refractivity contribution in [2.45, 2.75) is 19.3 Å². The summed E-state index contributed by atoms with van der Waals surface area (Å²) in [6.45, 7) is 2.25. The van der Waals surface area contributed by atoms with Crippen molar-refractivity contribution in [1.29, 1.82) is 0 Å². The molecule has 1 saturated heterocycles. The van der Waals surface area contributed by atoms with E-state index in [2.05, 4.69) is 20.8 Å². The van der Waals surface area contributed by atoms with Crippen LogP contribution in [-0.2, 0) is 4.84 Å². The van der Waals surface area contributed by atoms with E-state index in [1.54, 1.807) is 0 Å². The molecule has 0 spiro atoms. The van der Waals surface area contributed by atoms with Crippen molar-refractivity contribution < 1.29 is 9.63 Å². The second-order valence-corrected chi connectivity index (χ2v) is 5.82. The number of hydrogen-bond donors (Lipinski definition) is 1. The third kappa shape index (κ3) is 4.03. The molecule has 1 aliphatic rings. The summed E-state index contributed by atoms with van der Waals surface area (Å²) in [6, 6.07) is 7.53. The van der Waals surface area contributed by atoms with Crippen molar-refractivity contribution in [2.75, 3.05) is 19.7 Å². The Morgan fingerprint density at radius 3 is 2.53 bits per heavy atom. The van der Waals surface area contributed by atoms with Gasteiger partial charge in [-0.25, -0.2) is 5.90 Å². The molecule has 2 rings (SSSR count). The summed E-state index contributed by atoms with van der Waals surface area (Å²) in [6.07, 6.45) is 3.05. The number of carbonyl (C=O) groups is 1. The molecule has 1 fully saturated rings. The number of piperidine rings is 1. The minimum absolute atomic E-state index is 0.126. The van der Waals surface area contributed by atoms with Crippen LogP contribution in [0.1, 0.15) is 29.6 Å². The molecular formula is C14H19BrN2O2. The Bertz CT molecular complexity index is 414. The Morgan fingerprint density at radius 2 is 1.95 bits per heavy atom. The van der Waals surface area contributed by atoms with Gasteiger partial charge in [0.25, 0.3) is 5.91 Å². The molecule has 0 saturated carbocycles. The Labute approximate surface area is 122 Å². The van der Waals surface area contributed by atoms with E-state index in [1.807, 2.05) is 29.2 Å². The van der Waals surface area contributed by atoms with Crippen molar-refractivity contribution in [3.63, 3.8) is 0 Å². The van der Waals surface area contributed by atoms with Gasteiger partial charge in [0, 0.05) is 23.1 Å². The number of hydrogen-bond acceptors (Lipinski definition) is 3. The minimum atomic E-state index is 0.126. The minimum Gasteiger partial charge on any atom is -0.339 e. The lowest BCUT2D eigenvalue weighted by atomic mass is 9.93. The third-order valence-electron chi connectivity index (χ3n) is 3.64. The van der Waals surface area contributed by atoms with Crippen LogP contribution in [0.15, 0.2) is 28.7 Å². The second kappa shape index (κ2) is 7.03. The maximum Gasteiger partial charge on any atom is 0.253 e. The fourth-order valence-corrected chi connectivity index (χ4v) is 2.70. The van der Waals surface area contributed by atoms with Crippen LogP contribution in [0.4, 0.5) is 0 Å². The van der Waals surface area contributed by atoms with E-state index in [9.17, 15) is 4.79 Å². The normalized spacial score (nSPS) is 16.6. The summed E-state index contributed by atoms with van der Waals surface area (Å²) < 4.78 is 0.990. The van der Waals surface area contributed by atoms with Gasteiger partial charge in [-0.1, -0.05) is 15.9 Å². The Morgan fingerprint density at radius 1 is 1.32 bits per heavy atom. The first kappa shape index (κ1) is 14.5. The van der Waals surface area contributed by atoms with Gasteiger partial charge in [-0.05, 0) is 49.4 Å². The summed E-state index contributed by atoms with van der Waals surface area (Å²) >= 11 is 3.38. The molecule has 0 aliphatic carbocycles. The van der Waals surface area contributed by atoms with Crippen LogP contribution in [0.5, 0.6) is 0 Å². The van der Waals surface area contributed by atoms with Gasteiger partial charge < -0.3 is 9.74 Å². The standard InChI is InChI=1S/C14H19BrN2O2/c15-13-3-1-12(2-4-13)14(18)17-8-5-11(6-9-17)7-10-19-16/h1-4,11H,5-10,16H2. The highest BCUT2D eigenvalue weighted by molar-refractivity contribution is 9.10. The van der Waals surface area contributed by atoms with E-state index in [4.69, 9.17) is 5.90 Å². The highest BCUT2D eigenvalue weighted by atomic mass is 79.9. The number of carbonyl (C=O) groups excluding carboxylic acids is 1. The zero-order valence-electron chi connectivity index (χ0n) is 10.8. The van der Waals surface area contributed by atoms with Crippen molar-refractivity contribution in [1.82, 2.24) is 4.90 Å². The number of halogens is 1. The van der Waals surface area contributed by atoms with Crippen LogP contribution >= 0.6 is 15.9 Å². The van der Waals surface area contributed by atoms with Gasteiger partial charge in [-0.2, -0.15) is 0 Å². The average Bonchev–Trinajstić information content (AvgIpc) is 2.46. The number of rotatable bonds is 4. The lowest BCUT2D eigenvalue weighted by Gasteiger charge is -2.32. The van der Waals surface area contributed by atoms with Gasteiger partial charge in [0.15, 0.2) is 0 Å². The first-order valence-electron chi connectivity index (χ1n) is 6.57. The van der Waals surface area contributed by atoms with Crippen LogP contribution in [0.2, 0.25) is 0 Å². The summed E-state index contributed by atoms with van der Waals surface area (Å²) in [5.41, 5.74) is 0.756. The van der Waals surface area contributed by atoms with Gasteiger partial charge in [0.1, 0.15) is 0 Å². The van der Waals surface area contributed by atoms with Gasteiger partial charge in [-0.15, -0.1) is 0 Å². The van der Waals surface area contributed by atoms with E-state index in [0.717, 1.165) is 42.4 Å². The van der Waals surface area contributed by atoms with Crippen LogP contribution < -0.4 is 5.90 Å². The van der Waals surface area contributed by atoms with Gasteiger partial charge in [-0.3, -0.25) is 4.79 Å². The van der Waals surface area contributed by atoms with Crippen molar-refractivity contribution in [3.8, 4) is 0 Å². The molecule has 0 bridgehead atoms. The zero-order valence-corrected chi connectivity index (χ0v) is 12.4. The molecule has 104 valence electrons. The molecule has 19 heavy (non-hydrogen) atoms. The third-order valence-corrected chi connectivity index (χ3v) is 4.17. The summed E-state index contributed by atoms with van der Waals surface area (Å²) in [5, 5.41) is 0. The van der Waals surface area contributed by atoms with Crippen molar-refractivity contribution >= 4 is 21.8 Å². The van der Waals surface area contributed by atoms with Crippen LogP contribution in [-0.4, -0.2) is 30.5 Å². The second-order valence-electron chi connectivity index (χ2n) is 4.90. The van der Waals surface area contributed by atoms with E-state index in [0.29, 0.717) is 12.5 Å². The highest BCUT2D eigenvalue weighted by Gasteiger charge is 2.23. The van der Waals surface area contributed by atoms with E-state index in [-0.39, 0.29) is 5.91 Å². The molecular weight excluding hydrogens is 308 g/mol. The molecule has 0 unspecified atom stereocenters. The number of benzene rings is 1. The SMILES string of the molecule is NOCCC1CCN(C(=O)c2ccc(Br)cc2)CC1. The maximum atomic E-state index is 12.3. The van der Waals surface area contributed by atoms with Gasteiger partial charge in [0.2, 0.25) is 0 Å². The number of nitrogens with two attached hydrogens (primary N) is 1. The molecule has 1 amide bonds. The fraction of sp³-hybridized carbons (Fsp3) is 0.500. The quantitative estimate of drug-likeness (QED) is 0.865. The largest absolute Gasteiger partial charge is 0.339 e.